The Kier molecular flexibility index (Phi) is 4.16. The van der Waals surface area contributed by atoms with Crippen LogP contribution in [0, 0.1) is 11.3 Å². The Bertz CT molecular complexity index is 481. The van der Waals surface area contributed by atoms with Gasteiger partial charge in [0.25, 0.3) is 0 Å². The summed E-state index contributed by atoms with van der Waals surface area (Å²) in [5, 5.41) is 8.81. The van der Waals surface area contributed by atoms with Crippen molar-refractivity contribution < 1.29 is 9.59 Å². The molecule has 0 saturated heterocycles. The molecule has 0 amide bonds. The van der Waals surface area contributed by atoms with E-state index in [1.807, 2.05) is 6.07 Å². The van der Waals surface area contributed by atoms with Crippen LogP contribution in [0.2, 0.25) is 0 Å². The van der Waals surface area contributed by atoms with E-state index in [1.54, 1.807) is 30.3 Å². The van der Waals surface area contributed by atoms with Gasteiger partial charge >= 0.3 is 0 Å². The highest BCUT2D eigenvalue weighted by molar-refractivity contribution is 6.05. The molecule has 0 saturated carbocycles. The van der Waals surface area contributed by atoms with Crippen molar-refractivity contribution in [1.29, 1.82) is 5.26 Å². The average molecular weight is 213 g/mol. The third-order valence-electron chi connectivity index (χ3n) is 1.95. The molecule has 0 spiro atoms. The van der Waals surface area contributed by atoms with Crippen molar-refractivity contribution >= 4 is 17.6 Å². The number of carbonyl (C=O) groups is 2. The molecule has 0 unspecified atom stereocenters. The molecular weight excluding hydrogens is 202 g/mol. The van der Waals surface area contributed by atoms with Crippen LogP contribution in [0.4, 0.5) is 0 Å². The average Bonchev–Trinajstić information content (AvgIpc) is 2.26. The minimum atomic E-state index is -0.250. The van der Waals surface area contributed by atoms with E-state index in [0.717, 1.165) is 0 Å². The normalized spacial score (nSPS) is 10.0. The van der Waals surface area contributed by atoms with Crippen LogP contribution in [0.3, 0.4) is 0 Å². The van der Waals surface area contributed by atoms with Gasteiger partial charge in [-0.15, -0.1) is 0 Å². The van der Waals surface area contributed by atoms with Gasteiger partial charge in [-0.2, -0.15) is 5.26 Å². The van der Waals surface area contributed by atoms with Crippen LogP contribution in [0.5, 0.6) is 0 Å². The lowest BCUT2D eigenvalue weighted by Crippen LogP contribution is -2.00. The zero-order chi connectivity index (χ0) is 12.0. The number of allylic oxidation sites excluding steroid dienone is 1. The van der Waals surface area contributed by atoms with Gasteiger partial charge in [-0.05, 0) is 24.6 Å². The number of rotatable bonds is 4. The summed E-state index contributed by atoms with van der Waals surface area (Å²) in [4.78, 5) is 21.9. The molecule has 0 aliphatic rings. The molecule has 0 radical (unpaired) electrons. The molecule has 80 valence electrons. The second-order valence-corrected chi connectivity index (χ2v) is 3.38. The van der Waals surface area contributed by atoms with E-state index < -0.39 is 0 Å². The smallest absolute Gasteiger partial charge is 0.163 e. The van der Waals surface area contributed by atoms with Gasteiger partial charge in [0.2, 0.25) is 0 Å². The fourth-order valence-electron chi connectivity index (χ4n) is 1.23. The molecule has 0 aliphatic carbocycles. The Morgan fingerprint density at radius 2 is 2.06 bits per heavy atom. The predicted molar refractivity (Wildman–Crippen MR) is 60.5 cm³/mol. The predicted octanol–water partition coefficient (Wildman–Crippen LogP) is 2.12. The lowest BCUT2D eigenvalue weighted by atomic mass is 10.1. The summed E-state index contributed by atoms with van der Waals surface area (Å²) >= 11 is 0. The van der Waals surface area contributed by atoms with Crippen molar-refractivity contribution in [2.24, 2.45) is 0 Å². The Morgan fingerprint density at radius 1 is 1.38 bits per heavy atom. The zero-order valence-electron chi connectivity index (χ0n) is 8.93. The Morgan fingerprint density at radius 3 is 2.69 bits per heavy atom. The Hall–Kier alpha value is -2.21. The number of Topliss-reactive ketones (excluding diaryl/α,β-unsaturated/α-hetero) is 1. The lowest BCUT2D eigenvalue weighted by Gasteiger charge is -1.95. The summed E-state index contributed by atoms with van der Waals surface area (Å²) in [5.41, 5.74) is 1.19. The molecule has 0 fully saturated rings. The SMILES string of the molecule is CC(=O)CC(=O)C=Cc1ccccc1C#N. The van der Waals surface area contributed by atoms with Crippen molar-refractivity contribution in [2.45, 2.75) is 13.3 Å². The van der Waals surface area contributed by atoms with Crippen molar-refractivity contribution in [3.05, 3.63) is 41.5 Å². The van der Waals surface area contributed by atoms with Crippen LogP contribution in [0.25, 0.3) is 6.08 Å². The number of hydrogen-bond donors (Lipinski definition) is 0. The van der Waals surface area contributed by atoms with E-state index in [0.29, 0.717) is 11.1 Å². The Balaban J connectivity index is 2.81. The molecular formula is C13H11NO2. The highest BCUT2D eigenvalue weighted by Crippen LogP contribution is 2.09. The molecule has 0 atom stereocenters. The van der Waals surface area contributed by atoms with E-state index in [4.69, 9.17) is 5.26 Å². The van der Waals surface area contributed by atoms with Gasteiger partial charge in [0.15, 0.2) is 5.78 Å². The number of nitriles is 1. The molecule has 3 heteroatoms. The first-order valence-corrected chi connectivity index (χ1v) is 4.83. The summed E-state index contributed by atoms with van der Waals surface area (Å²) in [6.45, 7) is 1.37. The summed E-state index contributed by atoms with van der Waals surface area (Å²) in [5.74, 6) is -0.413. The Labute approximate surface area is 94.0 Å². The van der Waals surface area contributed by atoms with Crippen LogP contribution in [0.1, 0.15) is 24.5 Å². The maximum absolute atomic E-state index is 11.2. The van der Waals surface area contributed by atoms with Crippen LogP contribution < -0.4 is 0 Å². The summed E-state index contributed by atoms with van der Waals surface area (Å²) in [7, 11) is 0. The molecule has 1 aromatic rings. The molecule has 0 N–H and O–H groups in total. The maximum Gasteiger partial charge on any atom is 0.163 e. The number of nitrogens with zero attached hydrogens (tertiary/aromatic N) is 1. The van der Waals surface area contributed by atoms with Crippen LogP contribution in [0.15, 0.2) is 30.3 Å². The molecule has 0 aliphatic heterocycles. The maximum atomic E-state index is 11.2. The lowest BCUT2D eigenvalue weighted by molar-refractivity contribution is -0.123. The monoisotopic (exact) mass is 213 g/mol. The van der Waals surface area contributed by atoms with E-state index >= 15 is 0 Å². The zero-order valence-corrected chi connectivity index (χ0v) is 8.93. The van der Waals surface area contributed by atoms with Crippen molar-refractivity contribution in [3.63, 3.8) is 0 Å². The van der Waals surface area contributed by atoms with Gasteiger partial charge in [0.05, 0.1) is 18.1 Å². The summed E-state index contributed by atoms with van der Waals surface area (Å²) < 4.78 is 0. The topological polar surface area (TPSA) is 57.9 Å². The van der Waals surface area contributed by atoms with Crippen molar-refractivity contribution in [3.8, 4) is 6.07 Å². The highest BCUT2D eigenvalue weighted by Gasteiger charge is 2.01. The van der Waals surface area contributed by atoms with Gasteiger partial charge in [-0.3, -0.25) is 9.59 Å². The van der Waals surface area contributed by atoms with Crippen LogP contribution >= 0.6 is 0 Å². The second-order valence-electron chi connectivity index (χ2n) is 3.38. The van der Waals surface area contributed by atoms with Crippen molar-refractivity contribution in [1.82, 2.24) is 0 Å². The summed E-state index contributed by atoms with van der Waals surface area (Å²) in [6.07, 6.45) is 2.80. The molecule has 1 rings (SSSR count). The second kappa shape index (κ2) is 5.62. The number of ketones is 2. The standard InChI is InChI=1S/C13H11NO2/c1-10(15)8-13(16)7-6-11-4-2-3-5-12(11)9-14/h2-7H,8H2,1H3. The third kappa shape index (κ3) is 3.50. The summed E-state index contributed by atoms with van der Waals surface area (Å²) in [6, 6.07) is 9.00. The quantitative estimate of drug-likeness (QED) is 0.568. The molecule has 0 heterocycles. The highest BCUT2D eigenvalue weighted by atomic mass is 16.1. The molecule has 16 heavy (non-hydrogen) atoms. The minimum Gasteiger partial charge on any atom is -0.300 e. The first-order valence-electron chi connectivity index (χ1n) is 4.83. The van der Waals surface area contributed by atoms with Gasteiger partial charge in [-0.25, -0.2) is 0 Å². The van der Waals surface area contributed by atoms with E-state index in [2.05, 4.69) is 0 Å². The van der Waals surface area contributed by atoms with E-state index in [-0.39, 0.29) is 18.0 Å². The van der Waals surface area contributed by atoms with Crippen molar-refractivity contribution in [2.75, 3.05) is 0 Å². The molecule has 1 aromatic carbocycles. The minimum absolute atomic E-state index is 0.0920. The molecule has 3 nitrogen and oxygen atoms in total. The van der Waals surface area contributed by atoms with E-state index in [1.165, 1.54) is 13.0 Å². The molecule has 0 aromatic heterocycles. The first kappa shape index (κ1) is 11.9. The van der Waals surface area contributed by atoms with Gasteiger partial charge in [-0.1, -0.05) is 24.3 Å². The fourth-order valence-corrected chi connectivity index (χ4v) is 1.23. The largest absolute Gasteiger partial charge is 0.300 e. The van der Waals surface area contributed by atoms with Crippen LogP contribution in [-0.4, -0.2) is 11.6 Å². The first-order chi connectivity index (χ1) is 7.63. The van der Waals surface area contributed by atoms with Crippen LogP contribution in [-0.2, 0) is 9.59 Å². The van der Waals surface area contributed by atoms with Gasteiger partial charge in [0.1, 0.15) is 5.78 Å². The van der Waals surface area contributed by atoms with Gasteiger partial charge < -0.3 is 0 Å². The third-order valence-corrected chi connectivity index (χ3v) is 1.95. The van der Waals surface area contributed by atoms with E-state index in [9.17, 15) is 9.59 Å². The number of carbonyl (C=O) groups excluding carboxylic acids is 2. The van der Waals surface area contributed by atoms with Gasteiger partial charge in [0, 0.05) is 0 Å². The fraction of sp³-hybridized carbons (Fsp3) is 0.154. The number of benzene rings is 1. The number of hydrogen-bond acceptors (Lipinski definition) is 3. The molecule has 0 bridgehead atoms.